The van der Waals surface area contributed by atoms with E-state index >= 15 is 0 Å². The Kier molecular flexibility index (Phi) is 9.94. The Morgan fingerprint density at radius 2 is 1.77 bits per heavy atom. The number of aliphatic hydroxyl groups excluding tert-OH is 1. The maximum atomic E-state index is 10.4. The summed E-state index contributed by atoms with van der Waals surface area (Å²) >= 11 is 0. The van der Waals surface area contributed by atoms with Crippen LogP contribution in [-0.4, -0.2) is 69.3 Å². The van der Waals surface area contributed by atoms with Crippen LogP contribution in [0.4, 0.5) is 0 Å². The van der Waals surface area contributed by atoms with Crippen molar-refractivity contribution in [2.24, 2.45) is 0 Å². The van der Waals surface area contributed by atoms with Crippen LogP contribution in [0.1, 0.15) is 32.8 Å². The molecule has 1 aromatic rings. The Balaban J connectivity index is 2.73. The number of hydrogen-bond acceptors (Lipinski definition) is 6. The highest BCUT2D eigenvalue weighted by atomic mass is 16.5. The smallest absolute Gasteiger partial charge is 0.161 e. The van der Waals surface area contributed by atoms with Gasteiger partial charge in [-0.3, -0.25) is 4.90 Å². The molecule has 1 unspecified atom stereocenters. The van der Waals surface area contributed by atoms with Gasteiger partial charge in [0, 0.05) is 33.4 Å². The number of benzene rings is 1. The fourth-order valence-electron chi connectivity index (χ4n) is 2.60. The van der Waals surface area contributed by atoms with E-state index in [-0.39, 0.29) is 5.60 Å². The van der Waals surface area contributed by atoms with Crippen LogP contribution in [0.5, 0.6) is 11.5 Å². The van der Waals surface area contributed by atoms with Crippen molar-refractivity contribution >= 4 is 0 Å². The second-order valence-corrected chi connectivity index (χ2v) is 7.35. The molecule has 0 fully saturated rings. The first-order valence-electron chi connectivity index (χ1n) is 9.03. The number of aliphatic hydroxyl groups is 1. The largest absolute Gasteiger partial charge is 0.493 e. The number of methoxy groups -OCH3 is 3. The molecule has 0 heterocycles. The lowest BCUT2D eigenvalue weighted by Crippen LogP contribution is -2.37. The standard InChI is InChI=1S/C20H35NO5/c1-20(2,3)26-15-17(22)14-21(10-7-11-23-4)13-16-8-9-18(24-5)19(12-16)25-6/h8-9,12,17,22H,7,10-11,13-15H2,1-6H3. The van der Waals surface area contributed by atoms with Crippen LogP contribution in [0.3, 0.4) is 0 Å². The van der Waals surface area contributed by atoms with Crippen LogP contribution in [0.2, 0.25) is 0 Å². The van der Waals surface area contributed by atoms with Gasteiger partial charge in [-0.15, -0.1) is 0 Å². The predicted molar refractivity (Wildman–Crippen MR) is 103 cm³/mol. The maximum Gasteiger partial charge on any atom is 0.161 e. The van der Waals surface area contributed by atoms with Gasteiger partial charge in [0.25, 0.3) is 0 Å². The summed E-state index contributed by atoms with van der Waals surface area (Å²) in [5.41, 5.74) is 0.842. The Bertz CT molecular complexity index is 515. The van der Waals surface area contributed by atoms with Crippen molar-refractivity contribution in [3.05, 3.63) is 23.8 Å². The topological polar surface area (TPSA) is 60.4 Å². The molecule has 1 aromatic carbocycles. The zero-order chi connectivity index (χ0) is 19.6. The van der Waals surface area contributed by atoms with Gasteiger partial charge >= 0.3 is 0 Å². The van der Waals surface area contributed by atoms with E-state index in [0.29, 0.717) is 37.8 Å². The van der Waals surface area contributed by atoms with E-state index in [4.69, 9.17) is 18.9 Å². The highest BCUT2D eigenvalue weighted by Crippen LogP contribution is 2.28. The van der Waals surface area contributed by atoms with Gasteiger partial charge in [-0.1, -0.05) is 6.07 Å². The van der Waals surface area contributed by atoms with Crippen molar-refractivity contribution in [3.8, 4) is 11.5 Å². The quantitative estimate of drug-likeness (QED) is 0.572. The third kappa shape index (κ3) is 8.85. The lowest BCUT2D eigenvalue weighted by Gasteiger charge is -2.27. The van der Waals surface area contributed by atoms with E-state index in [1.165, 1.54) is 0 Å². The molecule has 0 aliphatic carbocycles. The molecule has 0 saturated carbocycles. The summed E-state index contributed by atoms with van der Waals surface area (Å²) < 4.78 is 21.5. The molecule has 1 rings (SSSR count). The molecule has 1 N–H and O–H groups in total. The van der Waals surface area contributed by atoms with Gasteiger partial charge in [-0.05, 0) is 44.9 Å². The van der Waals surface area contributed by atoms with E-state index in [1.54, 1.807) is 21.3 Å². The third-order valence-electron chi connectivity index (χ3n) is 3.85. The van der Waals surface area contributed by atoms with Gasteiger partial charge in [0.2, 0.25) is 0 Å². The SMILES string of the molecule is COCCCN(Cc1ccc(OC)c(OC)c1)CC(O)COC(C)(C)C. The van der Waals surface area contributed by atoms with Crippen LogP contribution in [0.15, 0.2) is 18.2 Å². The van der Waals surface area contributed by atoms with Crippen molar-refractivity contribution in [2.75, 3.05) is 47.6 Å². The van der Waals surface area contributed by atoms with Gasteiger partial charge < -0.3 is 24.1 Å². The minimum atomic E-state index is -0.545. The fourth-order valence-corrected chi connectivity index (χ4v) is 2.60. The lowest BCUT2D eigenvalue weighted by molar-refractivity contribution is -0.0569. The van der Waals surface area contributed by atoms with Crippen molar-refractivity contribution in [3.63, 3.8) is 0 Å². The van der Waals surface area contributed by atoms with Crippen molar-refractivity contribution in [2.45, 2.75) is 45.4 Å². The van der Waals surface area contributed by atoms with Crippen LogP contribution in [0.25, 0.3) is 0 Å². The molecule has 0 aromatic heterocycles. The third-order valence-corrected chi connectivity index (χ3v) is 3.85. The maximum absolute atomic E-state index is 10.4. The molecule has 0 saturated heterocycles. The normalized spacial score (nSPS) is 13.1. The van der Waals surface area contributed by atoms with E-state index in [2.05, 4.69) is 4.90 Å². The van der Waals surface area contributed by atoms with E-state index in [9.17, 15) is 5.11 Å². The minimum Gasteiger partial charge on any atom is -0.493 e. The molecule has 26 heavy (non-hydrogen) atoms. The number of rotatable bonds is 12. The molecular weight excluding hydrogens is 334 g/mol. The number of hydrogen-bond donors (Lipinski definition) is 1. The molecule has 0 spiro atoms. The molecule has 0 aliphatic rings. The van der Waals surface area contributed by atoms with Gasteiger partial charge in [0.15, 0.2) is 11.5 Å². The highest BCUT2D eigenvalue weighted by molar-refractivity contribution is 5.42. The Labute approximate surface area is 158 Å². The van der Waals surface area contributed by atoms with Gasteiger partial charge in [-0.25, -0.2) is 0 Å². The van der Waals surface area contributed by atoms with Crippen LogP contribution in [-0.2, 0) is 16.0 Å². The zero-order valence-corrected chi connectivity index (χ0v) is 17.1. The predicted octanol–water partition coefficient (Wildman–Crippen LogP) is 2.72. The second-order valence-electron chi connectivity index (χ2n) is 7.35. The molecular formula is C20H35NO5. The first kappa shape index (κ1) is 22.7. The average molecular weight is 370 g/mol. The molecule has 0 bridgehead atoms. The summed E-state index contributed by atoms with van der Waals surface area (Å²) in [5.74, 6) is 1.42. The fraction of sp³-hybridized carbons (Fsp3) is 0.700. The van der Waals surface area contributed by atoms with Gasteiger partial charge in [-0.2, -0.15) is 0 Å². The molecule has 0 amide bonds. The Morgan fingerprint density at radius 3 is 2.35 bits per heavy atom. The summed E-state index contributed by atoms with van der Waals surface area (Å²) in [6, 6.07) is 5.89. The summed E-state index contributed by atoms with van der Waals surface area (Å²) in [6.45, 7) is 9.03. The van der Waals surface area contributed by atoms with Crippen molar-refractivity contribution in [1.82, 2.24) is 4.90 Å². The molecule has 6 heteroatoms. The summed E-state index contributed by atoms with van der Waals surface area (Å²) in [4.78, 5) is 2.21. The van der Waals surface area contributed by atoms with Gasteiger partial charge in [0.1, 0.15) is 0 Å². The van der Waals surface area contributed by atoms with E-state index < -0.39 is 6.10 Å². The molecule has 0 aliphatic heterocycles. The van der Waals surface area contributed by atoms with E-state index in [0.717, 1.165) is 18.5 Å². The first-order chi connectivity index (χ1) is 12.3. The van der Waals surface area contributed by atoms with Crippen LogP contribution in [0, 0.1) is 0 Å². The molecule has 150 valence electrons. The summed E-state index contributed by atoms with van der Waals surface area (Å²) in [6.07, 6.45) is 0.355. The van der Waals surface area contributed by atoms with Crippen molar-refractivity contribution in [1.29, 1.82) is 0 Å². The zero-order valence-electron chi connectivity index (χ0n) is 17.1. The molecule has 1 atom stereocenters. The molecule has 0 radical (unpaired) electrons. The summed E-state index contributed by atoms with van der Waals surface area (Å²) in [5, 5.41) is 10.4. The average Bonchev–Trinajstić information content (AvgIpc) is 2.59. The monoisotopic (exact) mass is 369 g/mol. The van der Waals surface area contributed by atoms with Crippen LogP contribution >= 0.6 is 0 Å². The first-order valence-corrected chi connectivity index (χ1v) is 9.03. The second kappa shape index (κ2) is 11.4. The lowest BCUT2D eigenvalue weighted by atomic mass is 10.1. The van der Waals surface area contributed by atoms with Crippen molar-refractivity contribution < 1.29 is 24.1 Å². The Hall–Kier alpha value is -1.34. The summed E-state index contributed by atoms with van der Waals surface area (Å²) in [7, 11) is 4.95. The van der Waals surface area contributed by atoms with E-state index in [1.807, 2.05) is 39.0 Å². The minimum absolute atomic E-state index is 0.259. The van der Waals surface area contributed by atoms with Crippen LogP contribution < -0.4 is 9.47 Å². The highest BCUT2D eigenvalue weighted by Gasteiger charge is 2.17. The molecule has 6 nitrogen and oxygen atoms in total. The number of nitrogens with zero attached hydrogens (tertiary/aromatic N) is 1. The van der Waals surface area contributed by atoms with Gasteiger partial charge in [0.05, 0.1) is 32.5 Å². The number of ether oxygens (including phenoxy) is 4. The Morgan fingerprint density at radius 1 is 1.08 bits per heavy atom.